The third kappa shape index (κ3) is 3.46. The maximum Gasteiger partial charge on any atom is 0.266 e. The molecule has 1 heterocycles. The van der Waals surface area contributed by atoms with Gasteiger partial charge in [-0.1, -0.05) is 42.1 Å². The van der Waals surface area contributed by atoms with E-state index in [1.54, 1.807) is 16.3 Å². The van der Waals surface area contributed by atoms with Crippen LogP contribution in [-0.2, 0) is 0 Å². The Morgan fingerprint density at radius 3 is 2.48 bits per heavy atom. The molecule has 23 heavy (non-hydrogen) atoms. The van der Waals surface area contributed by atoms with Crippen molar-refractivity contribution in [1.29, 1.82) is 0 Å². The topological polar surface area (TPSA) is 39.3 Å². The number of hydrogen-bond donors (Lipinski definition) is 1. The number of aromatic nitrogens is 2. The molecule has 3 aromatic rings. The molecule has 0 radical (unpaired) electrons. The molecule has 0 saturated heterocycles. The Labute approximate surface area is 139 Å². The minimum Gasteiger partial charge on any atom is -0.339 e. The van der Waals surface area contributed by atoms with Crippen LogP contribution >= 0.6 is 11.8 Å². The minimum atomic E-state index is -0.0125. The lowest BCUT2D eigenvalue weighted by Crippen LogP contribution is -3.06. The van der Waals surface area contributed by atoms with E-state index in [9.17, 15) is 4.79 Å². The van der Waals surface area contributed by atoms with Gasteiger partial charge in [0.05, 0.1) is 43.0 Å². The molecule has 0 bridgehead atoms. The lowest BCUT2D eigenvalue weighted by atomic mass is 10.2. The molecule has 1 N–H and O–H groups in total. The van der Waals surface area contributed by atoms with Crippen molar-refractivity contribution in [3.63, 3.8) is 0 Å². The quantitative estimate of drug-likeness (QED) is 0.572. The maximum absolute atomic E-state index is 13.0. The third-order valence-corrected chi connectivity index (χ3v) is 4.53. The van der Waals surface area contributed by atoms with Crippen molar-refractivity contribution in [2.75, 3.05) is 26.4 Å². The van der Waals surface area contributed by atoms with Crippen molar-refractivity contribution in [1.82, 2.24) is 9.55 Å². The highest BCUT2D eigenvalue weighted by molar-refractivity contribution is 7.99. The van der Waals surface area contributed by atoms with E-state index in [1.165, 1.54) is 4.90 Å². The van der Waals surface area contributed by atoms with Gasteiger partial charge in [0.15, 0.2) is 5.16 Å². The molecule has 2 aromatic carbocycles. The fourth-order valence-electron chi connectivity index (χ4n) is 2.36. The first-order chi connectivity index (χ1) is 11.2. The summed E-state index contributed by atoms with van der Waals surface area (Å²) in [5.74, 6) is 0.917. The predicted molar refractivity (Wildman–Crippen MR) is 95.7 cm³/mol. The summed E-state index contributed by atoms with van der Waals surface area (Å²) in [5, 5.41) is 1.40. The molecule has 118 valence electrons. The maximum atomic E-state index is 13.0. The van der Waals surface area contributed by atoms with Gasteiger partial charge in [-0.15, -0.1) is 0 Å². The van der Waals surface area contributed by atoms with Crippen LogP contribution < -0.4 is 10.5 Å². The molecule has 0 saturated carbocycles. The SMILES string of the molecule is C[NH+](C)CCSc1nc2ccccc2c(=O)n1-c1ccccc1. The van der Waals surface area contributed by atoms with E-state index in [1.807, 2.05) is 54.6 Å². The number of benzene rings is 2. The van der Waals surface area contributed by atoms with Gasteiger partial charge in [0.2, 0.25) is 0 Å². The number of thioether (sulfide) groups is 1. The third-order valence-electron chi connectivity index (χ3n) is 3.59. The van der Waals surface area contributed by atoms with Crippen molar-refractivity contribution in [2.45, 2.75) is 5.16 Å². The first-order valence-corrected chi connectivity index (χ1v) is 8.64. The molecule has 0 spiro atoms. The van der Waals surface area contributed by atoms with Crippen LogP contribution in [0.1, 0.15) is 0 Å². The highest BCUT2D eigenvalue weighted by atomic mass is 32.2. The van der Waals surface area contributed by atoms with Crippen molar-refractivity contribution < 1.29 is 4.90 Å². The summed E-state index contributed by atoms with van der Waals surface area (Å²) in [6.45, 7) is 1.02. The number of fused-ring (bicyclic) bond motifs is 1. The highest BCUT2D eigenvalue weighted by Gasteiger charge is 2.13. The lowest BCUT2D eigenvalue weighted by molar-refractivity contribution is -0.855. The van der Waals surface area contributed by atoms with Gasteiger partial charge in [-0.3, -0.25) is 9.36 Å². The van der Waals surface area contributed by atoms with Crippen LogP contribution in [-0.4, -0.2) is 35.9 Å². The average Bonchev–Trinajstić information content (AvgIpc) is 2.55. The zero-order valence-corrected chi connectivity index (χ0v) is 14.1. The summed E-state index contributed by atoms with van der Waals surface area (Å²) < 4.78 is 1.72. The van der Waals surface area contributed by atoms with Crippen LogP contribution in [0.3, 0.4) is 0 Å². The summed E-state index contributed by atoms with van der Waals surface area (Å²) in [4.78, 5) is 19.1. The van der Waals surface area contributed by atoms with E-state index in [4.69, 9.17) is 4.98 Å². The average molecular weight is 326 g/mol. The monoisotopic (exact) mass is 326 g/mol. The van der Waals surface area contributed by atoms with Gasteiger partial charge in [0.1, 0.15) is 0 Å². The Morgan fingerprint density at radius 1 is 1.04 bits per heavy atom. The molecule has 0 atom stereocenters. The van der Waals surface area contributed by atoms with E-state index in [-0.39, 0.29) is 5.56 Å². The zero-order valence-electron chi connectivity index (χ0n) is 13.3. The number of para-hydroxylation sites is 2. The van der Waals surface area contributed by atoms with Crippen molar-refractivity contribution in [3.8, 4) is 5.69 Å². The molecule has 0 fully saturated rings. The number of quaternary nitrogens is 1. The zero-order chi connectivity index (χ0) is 16.2. The number of hydrogen-bond acceptors (Lipinski definition) is 3. The summed E-state index contributed by atoms with van der Waals surface area (Å²) in [6.07, 6.45) is 0. The van der Waals surface area contributed by atoms with Crippen LogP contribution in [0.15, 0.2) is 64.5 Å². The molecule has 5 heteroatoms. The van der Waals surface area contributed by atoms with E-state index >= 15 is 0 Å². The predicted octanol–water partition coefficient (Wildman–Crippen LogP) is 1.62. The highest BCUT2D eigenvalue weighted by Crippen LogP contribution is 2.20. The van der Waals surface area contributed by atoms with Gasteiger partial charge in [-0.05, 0) is 24.3 Å². The van der Waals surface area contributed by atoms with Gasteiger partial charge in [0.25, 0.3) is 5.56 Å². The number of nitrogens with one attached hydrogen (secondary N) is 1. The van der Waals surface area contributed by atoms with Gasteiger partial charge in [-0.25, -0.2) is 4.98 Å². The first kappa shape index (κ1) is 15.8. The summed E-state index contributed by atoms with van der Waals surface area (Å²) >= 11 is 1.63. The van der Waals surface area contributed by atoms with Gasteiger partial charge < -0.3 is 4.90 Å². The van der Waals surface area contributed by atoms with Gasteiger partial charge in [-0.2, -0.15) is 0 Å². The van der Waals surface area contributed by atoms with Crippen LogP contribution in [0.5, 0.6) is 0 Å². The molecular formula is C18H20N3OS+. The Hall–Kier alpha value is -2.11. The van der Waals surface area contributed by atoms with E-state index < -0.39 is 0 Å². The summed E-state index contributed by atoms with van der Waals surface area (Å²) in [6, 6.07) is 17.2. The fourth-order valence-corrected chi connectivity index (χ4v) is 3.53. The molecule has 0 aliphatic carbocycles. The minimum absolute atomic E-state index is 0.0125. The Bertz CT molecular complexity index is 859. The normalized spacial score (nSPS) is 11.3. The Balaban J connectivity index is 2.14. The second-order valence-corrected chi connectivity index (χ2v) is 6.76. The largest absolute Gasteiger partial charge is 0.339 e. The lowest BCUT2D eigenvalue weighted by Gasteiger charge is -2.13. The molecule has 0 unspecified atom stereocenters. The summed E-state index contributed by atoms with van der Waals surface area (Å²) in [7, 11) is 4.25. The van der Waals surface area contributed by atoms with Crippen molar-refractivity contribution in [3.05, 3.63) is 65.0 Å². The van der Waals surface area contributed by atoms with Gasteiger partial charge >= 0.3 is 0 Å². The smallest absolute Gasteiger partial charge is 0.266 e. The summed E-state index contributed by atoms with van der Waals surface area (Å²) in [5.41, 5.74) is 1.60. The number of nitrogens with zero attached hydrogens (tertiary/aromatic N) is 2. The van der Waals surface area contributed by atoms with E-state index in [2.05, 4.69) is 14.1 Å². The molecule has 0 aliphatic heterocycles. The second kappa shape index (κ2) is 6.98. The molecule has 0 aliphatic rings. The standard InChI is InChI=1S/C18H19N3OS/c1-20(2)12-13-23-18-19-16-11-7-6-10-15(16)17(22)21(18)14-8-4-3-5-9-14/h3-11H,12-13H2,1-2H3/p+1. The van der Waals surface area contributed by atoms with Crippen molar-refractivity contribution in [2.24, 2.45) is 0 Å². The van der Waals surface area contributed by atoms with Crippen LogP contribution in [0.4, 0.5) is 0 Å². The van der Waals surface area contributed by atoms with Crippen molar-refractivity contribution >= 4 is 22.7 Å². The van der Waals surface area contributed by atoms with Crippen LogP contribution in [0.25, 0.3) is 16.6 Å². The Kier molecular flexibility index (Phi) is 4.79. The van der Waals surface area contributed by atoms with E-state index in [0.717, 1.165) is 28.7 Å². The van der Waals surface area contributed by atoms with Crippen LogP contribution in [0, 0.1) is 0 Å². The molecule has 3 rings (SSSR count). The molecule has 1 aromatic heterocycles. The molecule has 4 nitrogen and oxygen atoms in total. The van der Waals surface area contributed by atoms with E-state index in [0.29, 0.717) is 5.39 Å². The fraction of sp³-hybridized carbons (Fsp3) is 0.222. The van der Waals surface area contributed by atoms with Crippen LogP contribution in [0.2, 0.25) is 0 Å². The first-order valence-electron chi connectivity index (χ1n) is 7.66. The Morgan fingerprint density at radius 2 is 1.74 bits per heavy atom. The van der Waals surface area contributed by atoms with Gasteiger partial charge in [0, 0.05) is 0 Å². The molecule has 0 amide bonds. The second-order valence-electron chi connectivity index (χ2n) is 5.69. The number of rotatable bonds is 5. The molecular weight excluding hydrogens is 306 g/mol.